The highest BCUT2D eigenvalue weighted by atomic mass is 15.0. The van der Waals surface area contributed by atoms with E-state index in [1.54, 1.807) is 6.42 Å². The van der Waals surface area contributed by atoms with Gasteiger partial charge in [0.1, 0.15) is 0 Å². The molecule has 18 heavy (non-hydrogen) atoms. The highest BCUT2D eigenvalue weighted by Gasteiger charge is 2.64. The quantitative estimate of drug-likeness (QED) is 0.787. The SMILES string of the molecule is CC(C)(C)CC(N)CCNC1C2C3CCC(C3)C12. The summed E-state index contributed by atoms with van der Waals surface area (Å²) in [6.07, 6.45) is 6.87. The van der Waals surface area contributed by atoms with Gasteiger partial charge in [0.2, 0.25) is 0 Å². The van der Waals surface area contributed by atoms with Gasteiger partial charge in [0.25, 0.3) is 0 Å². The van der Waals surface area contributed by atoms with Crippen molar-refractivity contribution in [2.45, 2.75) is 65.0 Å². The molecule has 0 spiro atoms. The van der Waals surface area contributed by atoms with Crippen molar-refractivity contribution in [2.75, 3.05) is 6.54 Å². The maximum Gasteiger partial charge on any atom is 0.0136 e. The normalized spacial score (nSPS) is 43.0. The second kappa shape index (κ2) is 4.49. The number of rotatable bonds is 5. The first-order valence-corrected chi connectivity index (χ1v) is 7.95. The van der Waals surface area contributed by atoms with Crippen LogP contribution in [0, 0.1) is 29.1 Å². The van der Waals surface area contributed by atoms with E-state index in [9.17, 15) is 0 Å². The summed E-state index contributed by atoms with van der Waals surface area (Å²) in [6.45, 7) is 7.98. The molecule has 3 rings (SSSR count). The second-order valence-corrected chi connectivity index (χ2v) is 8.28. The lowest BCUT2D eigenvalue weighted by molar-refractivity contribution is 0.327. The third kappa shape index (κ3) is 2.46. The Bertz CT molecular complexity index is 291. The Kier molecular flexibility index (Phi) is 3.22. The number of fused-ring (bicyclic) bond motifs is 5. The molecule has 0 heterocycles. The Morgan fingerprint density at radius 2 is 1.78 bits per heavy atom. The van der Waals surface area contributed by atoms with Gasteiger partial charge in [0.05, 0.1) is 0 Å². The summed E-state index contributed by atoms with van der Waals surface area (Å²) in [6, 6.07) is 1.24. The minimum atomic E-state index is 0.368. The molecule has 2 bridgehead atoms. The molecule has 0 radical (unpaired) electrons. The van der Waals surface area contributed by atoms with Crippen LogP contribution >= 0.6 is 0 Å². The maximum absolute atomic E-state index is 6.21. The number of hydrogen-bond acceptors (Lipinski definition) is 2. The molecule has 2 nitrogen and oxygen atoms in total. The van der Waals surface area contributed by atoms with Gasteiger partial charge >= 0.3 is 0 Å². The number of hydrogen-bond donors (Lipinski definition) is 2. The molecule has 0 aromatic rings. The predicted octanol–water partition coefficient (Wildman–Crippen LogP) is 2.77. The van der Waals surface area contributed by atoms with E-state index < -0.39 is 0 Å². The fourth-order valence-electron chi connectivity index (χ4n) is 4.92. The summed E-state index contributed by atoms with van der Waals surface area (Å²) in [5.41, 5.74) is 6.58. The topological polar surface area (TPSA) is 38.0 Å². The monoisotopic (exact) mass is 250 g/mol. The van der Waals surface area contributed by atoms with Gasteiger partial charge < -0.3 is 11.1 Å². The van der Waals surface area contributed by atoms with Crippen LogP contribution in [-0.4, -0.2) is 18.6 Å². The Labute approximate surface area is 112 Å². The van der Waals surface area contributed by atoms with Gasteiger partial charge in [0, 0.05) is 12.1 Å². The van der Waals surface area contributed by atoms with Crippen LogP contribution in [0.25, 0.3) is 0 Å². The lowest BCUT2D eigenvalue weighted by Gasteiger charge is -2.23. The van der Waals surface area contributed by atoms with Gasteiger partial charge in [-0.25, -0.2) is 0 Å². The standard InChI is InChI=1S/C16H30N2/c1-16(2,3)9-12(17)6-7-18-15-13-10-4-5-11(8-10)14(13)15/h10-15,18H,4-9,17H2,1-3H3. The van der Waals surface area contributed by atoms with Crippen molar-refractivity contribution in [3.05, 3.63) is 0 Å². The summed E-state index contributed by atoms with van der Waals surface area (Å²) in [7, 11) is 0. The number of nitrogens with one attached hydrogen (secondary N) is 1. The van der Waals surface area contributed by atoms with Crippen molar-refractivity contribution in [3.63, 3.8) is 0 Å². The molecule has 3 saturated carbocycles. The first-order valence-electron chi connectivity index (χ1n) is 7.95. The van der Waals surface area contributed by atoms with Crippen LogP contribution in [0.5, 0.6) is 0 Å². The molecule has 0 saturated heterocycles. The van der Waals surface area contributed by atoms with Gasteiger partial charge in [-0.15, -0.1) is 0 Å². The summed E-state index contributed by atoms with van der Waals surface area (Å²) in [5, 5.41) is 3.80. The molecular formula is C16H30N2. The van der Waals surface area contributed by atoms with E-state index in [0.29, 0.717) is 11.5 Å². The molecule has 3 N–H and O–H groups in total. The summed E-state index contributed by atoms with van der Waals surface area (Å²) in [4.78, 5) is 0. The highest BCUT2D eigenvalue weighted by Crippen LogP contribution is 2.65. The first kappa shape index (κ1) is 12.9. The van der Waals surface area contributed by atoms with Crippen LogP contribution in [0.3, 0.4) is 0 Å². The van der Waals surface area contributed by atoms with Crippen LogP contribution in [0.2, 0.25) is 0 Å². The smallest absolute Gasteiger partial charge is 0.0136 e. The van der Waals surface area contributed by atoms with Crippen molar-refractivity contribution < 1.29 is 0 Å². The molecular weight excluding hydrogens is 220 g/mol. The third-order valence-electron chi connectivity index (χ3n) is 5.51. The maximum atomic E-state index is 6.21. The Balaban J connectivity index is 1.35. The van der Waals surface area contributed by atoms with Crippen molar-refractivity contribution in [1.82, 2.24) is 5.32 Å². The molecule has 2 heteroatoms. The van der Waals surface area contributed by atoms with Gasteiger partial charge in [-0.05, 0) is 67.7 Å². The average molecular weight is 250 g/mol. The van der Waals surface area contributed by atoms with Crippen molar-refractivity contribution >= 4 is 0 Å². The summed E-state index contributed by atoms with van der Waals surface area (Å²) >= 11 is 0. The highest BCUT2D eigenvalue weighted by molar-refractivity contribution is 5.16. The molecule has 3 aliphatic rings. The summed E-state index contributed by atoms with van der Waals surface area (Å²) in [5.74, 6) is 4.28. The fraction of sp³-hybridized carbons (Fsp3) is 1.00. The lowest BCUT2D eigenvalue weighted by Crippen LogP contribution is -2.32. The zero-order chi connectivity index (χ0) is 12.9. The van der Waals surface area contributed by atoms with Gasteiger partial charge in [-0.2, -0.15) is 0 Å². The van der Waals surface area contributed by atoms with E-state index in [-0.39, 0.29) is 0 Å². The molecule has 5 atom stereocenters. The predicted molar refractivity (Wildman–Crippen MR) is 76.3 cm³/mol. The minimum absolute atomic E-state index is 0.368. The van der Waals surface area contributed by atoms with Crippen LogP contribution in [-0.2, 0) is 0 Å². The molecule has 5 unspecified atom stereocenters. The van der Waals surface area contributed by atoms with Crippen LogP contribution in [0.15, 0.2) is 0 Å². The van der Waals surface area contributed by atoms with E-state index in [1.165, 1.54) is 12.8 Å². The van der Waals surface area contributed by atoms with E-state index in [2.05, 4.69) is 26.1 Å². The fourth-order valence-corrected chi connectivity index (χ4v) is 4.92. The van der Waals surface area contributed by atoms with Crippen LogP contribution in [0.1, 0.15) is 52.9 Å². The zero-order valence-electron chi connectivity index (χ0n) is 12.3. The summed E-state index contributed by atoms with van der Waals surface area (Å²) < 4.78 is 0. The van der Waals surface area contributed by atoms with Crippen molar-refractivity contribution in [3.8, 4) is 0 Å². The second-order valence-electron chi connectivity index (χ2n) is 8.28. The third-order valence-corrected chi connectivity index (χ3v) is 5.51. The molecule has 3 fully saturated rings. The first-order chi connectivity index (χ1) is 8.46. The lowest BCUT2D eigenvalue weighted by atomic mass is 9.87. The number of nitrogens with two attached hydrogens (primary N) is 1. The largest absolute Gasteiger partial charge is 0.328 e. The average Bonchev–Trinajstić information content (AvgIpc) is 2.66. The van der Waals surface area contributed by atoms with E-state index in [4.69, 9.17) is 5.73 Å². The van der Waals surface area contributed by atoms with Gasteiger partial charge in [-0.1, -0.05) is 20.8 Å². The molecule has 0 aliphatic heterocycles. The minimum Gasteiger partial charge on any atom is -0.328 e. The van der Waals surface area contributed by atoms with E-state index in [1.807, 2.05) is 0 Å². The van der Waals surface area contributed by atoms with Crippen molar-refractivity contribution in [2.24, 2.45) is 34.8 Å². The molecule has 0 aromatic carbocycles. The van der Waals surface area contributed by atoms with Crippen molar-refractivity contribution in [1.29, 1.82) is 0 Å². The Morgan fingerprint density at radius 1 is 1.17 bits per heavy atom. The van der Waals surface area contributed by atoms with E-state index in [0.717, 1.165) is 49.1 Å². The van der Waals surface area contributed by atoms with Crippen LogP contribution < -0.4 is 11.1 Å². The Morgan fingerprint density at radius 3 is 2.33 bits per heavy atom. The molecule has 104 valence electrons. The van der Waals surface area contributed by atoms with E-state index >= 15 is 0 Å². The van der Waals surface area contributed by atoms with Gasteiger partial charge in [-0.3, -0.25) is 0 Å². The van der Waals surface area contributed by atoms with Crippen LogP contribution in [0.4, 0.5) is 0 Å². The zero-order valence-corrected chi connectivity index (χ0v) is 12.3. The molecule has 3 aliphatic carbocycles. The Hall–Kier alpha value is -0.0800. The van der Waals surface area contributed by atoms with Gasteiger partial charge in [0.15, 0.2) is 0 Å². The molecule has 0 amide bonds. The molecule has 0 aromatic heterocycles.